The zero-order chi connectivity index (χ0) is 11.3. The van der Waals surface area contributed by atoms with Gasteiger partial charge in [0.1, 0.15) is 0 Å². The number of hydrogen-bond donors (Lipinski definition) is 0. The van der Waals surface area contributed by atoms with E-state index in [1.54, 1.807) is 18.4 Å². The Balaban J connectivity index is 2.76. The predicted octanol–water partition coefficient (Wildman–Crippen LogP) is 3.45. The minimum atomic E-state index is 0.115. The Labute approximate surface area is 95.3 Å². The lowest BCUT2D eigenvalue weighted by Gasteiger charge is -2.13. The first-order valence-electron chi connectivity index (χ1n) is 4.91. The molecular weight excluding hydrogens is 206 g/mol. The van der Waals surface area contributed by atoms with Crippen LogP contribution >= 0.6 is 11.3 Å². The first-order valence-corrected chi connectivity index (χ1v) is 5.79. The molecule has 1 rings (SSSR count). The molecule has 1 aromatic rings. The van der Waals surface area contributed by atoms with Crippen molar-refractivity contribution < 1.29 is 4.74 Å². The summed E-state index contributed by atoms with van der Waals surface area (Å²) in [6, 6.07) is 0. The van der Waals surface area contributed by atoms with Crippen molar-refractivity contribution in [3.8, 4) is 0 Å². The third kappa shape index (κ3) is 3.61. The van der Waals surface area contributed by atoms with Crippen LogP contribution in [0.5, 0.6) is 0 Å². The third-order valence-electron chi connectivity index (χ3n) is 2.19. The van der Waals surface area contributed by atoms with E-state index in [2.05, 4.69) is 29.9 Å². The lowest BCUT2D eigenvalue weighted by Crippen LogP contribution is -2.10. The maximum absolute atomic E-state index is 5.37. The summed E-state index contributed by atoms with van der Waals surface area (Å²) in [5.74, 6) is 0. The summed E-state index contributed by atoms with van der Waals surface area (Å²) < 4.78 is 5.37. The van der Waals surface area contributed by atoms with Crippen LogP contribution in [-0.2, 0) is 4.74 Å². The topological polar surface area (TPSA) is 22.1 Å². The van der Waals surface area contributed by atoms with E-state index in [0.29, 0.717) is 0 Å². The second kappa shape index (κ2) is 5.83. The van der Waals surface area contributed by atoms with E-state index in [-0.39, 0.29) is 6.10 Å². The Morgan fingerprint density at radius 3 is 2.93 bits per heavy atom. The highest BCUT2D eigenvalue weighted by Crippen LogP contribution is 2.16. The van der Waals surface area contributed by atoms with Crippen molar-refractivity contribution in [1.29, 1.82) is 0 Å². The molecule has 0 saturated carbocycles. The molecule has 0 aliphatic carbocycles. The van der Waals surface area contributed by atoms with Crippen molar-refractivity contribution in [1.82, 2.24) is 4.98 Å². The van der Waals surface area contributed by atoms with Gasteiger partial charge in [0, 0.05) is 12.5 Å². The molecule has 1 atom stereocenters. The quantitative estimate of drug-likeness (QED) is 0.713. The summed E-state index contributed by atoms with van der Waals surface area (Å²) in [6.07, 6.45) is 4.89. The van der Waals surface area contributed by atoms with Crippen LogP contribution in [0.15, 0.2) is 23.6 Å². The Morgan fingerprint density at radius 1 is 1.73 bits per heavy atom. The molecule has 0 N–H and O–H groups in total. The lowest BCUT2D eigenvalue weighted by molar-refractivity contribution is 0.135. The van der Waals surface area contributed by atoms with E-state index in [4.69, 9.17) is 4.74 Å². The van der Waals surface area contributed by atoms with Crippen LogP contribution in [0.3, 0.4) is 0 Å². The fourth-order valence-corrected chi connectivity index (χ4v) is 1.96. The van der Waals surface area contributed by atoms with E-state index in [9.17, 15) is 0 Å². The SMILES string of the molecule is C=CC[C@H](OC)/C(C)=C/c1csc(C)n1. The molecule has 0 aliphatic heterocycles. The largest absolute Gasteiger partial charge is 0.377 e. The molecular formula is C12H17NOS. The van der Waals surface area contributed by atoms with Crippen LogP contribution in [0.4, 0.5) is 0 Å². The molecule has 82 valence electrons. The lowest BCUT2D eigenvalue weighted by atomic mass is 10.1. The normalized spacial score (nSPS) is 13.9. The molecule has 0 radical (unpaired) electrons. The molecule has 1 aromatic heterocycles. The summed E-state index contributed by atoms with van der Waals surface area (Å²) in [4.78, 5) is 4.39. The van der Waals surface area contributed by atoms with Crippen LogP contribution in [0.1, 0.15) is 24.0 Å². The number of methoxy groups -OCH3 is 1. The van der Waals surface area contributed by atoms with Crippen molar-refractivity contribution in [3.05, 3.63) is 34.3 Å². The fraction of sp³-hybridized carbons (Fsp3) is 0.417. The molecule has 0 amide bonds. The first kappa shape index (κ1) is 12.1. The van der Waals surface area contributed by atoms with Crippen molar-refractivity contribution in [2.45, 2.75) is 26.4 Å². The van der Waals surface area contributed by atoms with E-state index in [1.165, 1.54) is 5.57 Å². The molecule has 3 heteroatoms. The summed E-state index contributed by atoms with van der Waals surface area (Å²) in [5, 5.41) is 3.14. The predicted molar refractivity (Wildman–Crippen MR) is 66.1 cm³/mol. The van der Waals surface area contributed by atoms with Gasteiger partial charge in [0.15, 0.2) is 0 Å². The number of thiazole rings is 1. The molecule has 0 unspecified atom stereocenters. The molecule has 15 heavy (non-hydrogen) atoms. The fourth-order valence-electron chi connectivity index (χ4n) is 1.39. The summed E-state index contributed by atoms with van der Waals surface area (Å²) in [6.45, 7) is 7.79. The summed E-state index contributed by atoms with van der Waals surface area (Å²) in [7, 11) is 1.72. The smallest absolute Gasteiger partial charge is 0.0901 e. The molecule has 0 spiro atoms. The molecule has 1 heterocycles. The van der Waals surface area contributed by atoms with Gasteiger partial charge < -0.3 is 4.74 Å². The summed E-state index contributed by atoms with van der Waals surface area (Å²) >= 11 is 1.66. The molecule has 2 nitrogen and oxygen atoms in total. The van der Waals surface area contributed by atoms with Crippen LogP contribution < -0.4 is 0 Å². The molecule has 0 fully saturated rings. The van der Waals surface area contributed by atoms with Gasteiger partial charge in [-0.2, -0.15) is 0 Å². The number of ether oxygens (including phenoxy) is 1. The zero-order valence-electron chi connectivity index (χ0n) is 9.49. The number of hydrogen-bond acceptors (Lipinski definition) is 3. The Kier molecular flexibility index (Phi) is 4.72. The average molecular weight is 223 g/mol. The second-order valence-corrected chi connectivity index (χ2v) is 4.49. The Bertz CT molecular complexity index is 354. The summed E-state index contributed by atoms with van der Waals surface area (Å²) in [5.41, 5.74) is 2.20. The first-order chi connectivity index (χ1) is 7.17. The highest BCUT2D eigenvalue weighted by molar-refractivity contribution is 7.09. The zero-order valence-corrected chi connectivity index (χ0v) is 10.3. The number of nitrogens with zero attached hydrogens (tertiary/aromatic N) is 1. The van der Waals surface area contributed by atoms with Crippen LogP contribution in [0.2, 0.25) is 0 Å². The minimum Gasteiger partial charge on any atom is -0.377 e. The van der Waals surface area contributed by atoms with Gasteiger partial charge in [-0.05, 0) is 31.9 Å². The molecule has 0 aromatic carbocycles. The van der Waals surface area contributed by atoms with E-state index < -0.39 is 0 Å². The second-order valence-electron chi connectivity index (χ2n) is 3.43. The van der Waals surface area contributed by atoms with Crippen molar-refractivity contribution in [3.63, 3.8) is 0 Å². The average Bonchev–Trinajstić information content (AvgIpc) is 2.60. The van der Waals surface area contributed by atoms with Crippen molar-refractivity contribution in [2.24, 2.45) is 0 Å². The molecule has 0 aliphatic rings. The standard InChI is InChI=1S/C12H17NOS/c1-5-6-12(14-4)9(2)7-11-8-15-10(3)13-11/h5,7-8,12H,1,6H2,2-4H3/b9-7+/t12-/m0/s1. The van der Waals surface area contributed by atoms with E-state index in [1.807, 2.05) is 13.0 Å². The third-order valence-corrected chi connectivity index (χ3v) is 2.98. The number of rotatable bonds is 5. The van der Waals surface area contributed by atoms with Gasteiger partial charge in [-0.1, -0.05) is 6.08 Å². The van der Waals surface area contributed by atoms with Crippen LogP contribution in [0.25, 0.3) is 6.08 Å². The van der Waals surface area contributed by atoms with Gasteiger partial charge in [-0.3, -0.25) is 0 Å². The maximum Gasteiger partial charge on any atom is 0.0901 e. The van der Waals surface area contributed by atoms with Gasteiger partial charge in [-0.25, -0.2) is 4.98 Å². The van der Waals surface area contributed by atoms with Gasteiger partial charge in [0.2, 0.25) is 0 Å². The van der Waals surface area contributed by atoms with Crippen LogP contribution in [0, 0.1) is 6.92 Å². The van der Waals surface area contributed by atoms with E-state index >= 15 is 0 Å². The van der Waals surface area contributed by atoms with Crippen molar-refractivity contribution in [2.75, 3.05) is 7.11 Å². The monoisotopic (exact) mass is 223 g/mol. The molecule has 0 bridgehead atoms. The van der Waals surface area contributed by atoms with Gasteiger partial charge in [-0.15, -0.1) is 17.9 Å². The Hall–Kier alpha value is -0.930. The van der Waals surface area contributed by atoms with Gasteiger partial charge in [0.25, 0.3) is 0 Å². The minimum absolute atomic E-state index is 0.115. The number of aryl methyl sites for hydroxylation is 1. The molecule has 0 saturated heterocycles. The van der Waals surface area contributed by atoms with Gasteiger partial charge in [0.05, 0.1) is 16.8 Å². The highest BCUT2D eigenvalue weighted by Gasteiger charge is 2.07. The Morgan fingerprint density at radius 2 is 2.47 bits per heavy atom. The van der Waals surface area contributed by atoms with Crippen LogP contribution in [-0.4, -0.2) is 18.2 Å². The maximum atomic E-state index is 5.37. The number of aromatic nitrogens is 1. The van der Waals surface area contributed by atoms with Gasteiger partial charge >= 0.3 is 0 Å². The highest BCUT2D eigenvalue weighted by atomic mass is 32.1. The van der Waals surface area contributed by atoms with Crippen molar-refractivity contribution >= 4 is 17.4 Å². The van der Waals surface area contributed by atoms with E-state index in [0.717, 1.165) is 17.1 Å².